The molecule has 2 nitrogen and oxygen atoms in total. The van der Waals surface area contributed by atoms with E-state index in [1.807, 2.05) is 7.05 Å². The minimum Gasteiger partial charge on any atom is -0.320 e. The van der Waals surface area contributed by atoms with Crippen molar-refractivity contribution in [2.24, 2.45) is 11.8 Å². The van der Waals surface area contributed by atoms with Gasteiger partial charge < -0.3 is 10.6 Å². The van der Waals surface area contributed by atoms with E-state index < -0.39 is 0 Å². The lowest BCUT2D eigenvalue weighted by molar-refractivity contribution is 0.262. The monoisotopic (exact) mass is 170 g/mol. The van der Waals surface area contributed by atoms with Crippen LogP contribution in [0.2, 0.25) is 0 Å². The van der Waals surface area contributed by atoms with Crippen molar-refractivity contribution >= 4 is 0 Å². The van der Waals surface area contributed by atoms with Crippen molar-refractivity contribution in [3.63, 3.8) is 0 Å². The molecule has 0 radical (unpaired) electrons. The van der Waals surface area contributed by atoms with Crippen molar-refractivity contribution in [1.29, 1.82) is 0 Å². The van der Waals surface area contributed by atoms with Crippen LogP contribution in [0.4, 0.5) is 0 Å². The Hall–Kier alpha value is -0.0800. The third kappa shape index (κ3) is 3.11. The summed E-state index contributed by atoms with van der Waals surface area (Å²) in [7, 11) is 2.04. The van der Waals surface area contributed by atoms with Gasteiger partial charge >= 0.3 is 0 Å². The van der Waals surface area contributed by atoms with Crippen LogP contribution in [-0.4, -0.2) is 26.7 Å². The zero-order valence-electron chi connectivity index (χ0n) is 8.40. The Kier molecular flexibility index (Phi) is 4.62. The van der Waals surface area contributed by atoms with E-state index in [-0.39, 0.29) is 0 Å². The average Bonchev–Trinajstić information content (AvgIpc) is 2.02. The Bertz CT molecular complexity index is 110. The summed E-state index contributed by atoms with van der Waals surface area (Å²) in [6.45, 7) is 6.01. The minimum absolute atomic E-state index is 0.949. The van der Waals surface area contributed by atoms with Gasteiger partial charge in [0.1, 0.15) is 0 Å². The van der Waals surface area contributed by atoms with E-state index in [0.29, 0.717) is 0 Å². The van der Waals surface area contributed by atoms with Gasteiger partial charge in [0.25, 0.3) is 0 Å². The van der Waals surface area contributed by atoms with Crippen molar-refractivity contribution in [3.8, 4) is 0 Å². The molecule has 1 saturated heterocycles. The second-order valence-corrected chi connectivity index (χ2v) is 3.93. The Morgan fingerprint density at radius 1 is 1.50 bits per heavy atom. The van der Waals surface area contributed by atoms with Crippen LogP contribution < -0.4 is 10.6 Å². The molecule has 0 aromatic carbocycles. The summed E-state index contributed by atoms with van der Waals surface area (Å²) < 4.78 is 0. The van der Waals surface area contributed by atoms with Gasteiger partial charge in [0, 0.05) is 0 Å². The molecule has 1 fully saturated rings. The Morgan fingerprint density at radius 2 is 2.25 bits per heavy atom. The van der Waals surface area contributed by atoms with E-state index in [0.717, 1.165) is 11.8 Å². The minimum atomic E-state index is 0.949. The number of hydrogen-bond donors (Lipinski definition) is 2. The lowest BCUT2D eigenvalue weighted by Gasteiger charge is -2.30. The first-order valence-corrected chi connectivity index (χ1v) is 5.22. The maximum absolute atomic E-state index is 3.33. The molecule has 12 heavy (non-hydrogen) atoms. The van der Waals surface area contributed by atoms with Gasteiger partial charge in [-0.25, -0.2) is 0 Å². The molecule has 2 N–H and O–H groups in total. The molecule has 1 aliphatic rings. The largest absolute Gasteiger partial charge is 0.320 e. The molecule has 0 aromatic rings. The van der Waals surface area contributed by atoms with Crippen LogP contribution in [0.1, 0.15) is 26.2 Å². The SMILES string of the molecule is CCC(CCNC)CC1CNC1. The summed E-state index contributed by atoms with van der Waals surface area (Å²) in [4.78, 5) is 0. The molecule has 0 amide bonds. The summed E-state index contributed by atoms with van der Waals surface area (Å²) >= 11 is 0. The molecular weight excluding hydrogens is 148 g/mol. The third-order valence-electron chi connectivity index (χ3n) is 2.91. The average molecular weight is 170 g/mol. The summed E-state index contributed by atoms with van der Waals surface area (Å²) in [5.41, 5.74) is 0. The van der Waals surface area contributed by atoms with Crippen LogP contribution in [0.5, 0.6) is 0 Å². The third-order valence-corrected chi connectivity index (χ3v) is 2.91. The van der Waals surface area contributed by atoms with Crippen molar-refractivity contribution < 1.29 is 0 Å². The molecule has 0 saturated carbocycles. The van der Waals surface area contributed by atoms with Crippen LogP contribution in [-0.2, 0) is 0 Å². The predicted octanol–water partition coefficient (Wildman–Crippen LogP) is 1.23. The van der Waals surface area contributed by atoms with Crippen molar-refractivity contribution in [2.75, 3.05) is 26.7 Å². The molecular formula is C10H22N2. The second-order valence-electron chi connectivity index (χ2n) is 3.93. The second kappa shape index (κ2) is 5.55. The highest BCUT2D eigenvalue weighted by Crippen LogP contribution is 2.21. The van der Waals surface area contributed by atoms with Crippen LogP contribution in [0.3, 0.4) is 0 Å². The molecule has 0 aliphatic carbocycles. The van der Waals surface area contributed by atoms with Crippen LogP contribution >= 0.6 is 0 Å². The van der Waals surface area contributed by atoms with Crippen LogP contribution in [0.25, 0.3) is 0 Å². The Morgan fingerprint density at radius 3 is 2.67 bits per heavy atom. The smallest absolute Gasteiger partial charge is 0.000815 e. The van der Waals surface area contributed by atoms with E-state index in [2.05, 4.69) is 17.6 Å². The summed E-state index contributed by atoms with van der Waals surface area (Å²) in [5, 5.41) is 6.56. The molecule has 72 valence electrons. The van der Waals surface area contributed by atoms with E-state index in [1.54, 1.807) is 0 Å². The first-order valence-electron chi connectivity index (χ1n) is 5.22. The number of hydrogen-bond acceptors (Lipinski definition) is 2. The van der Waals surface area contributed by atoms with Gasteiger partial charge in [0.15, 0.2) is 0 Å². The van der Waals surface area contributed by atoms with Crippen molar-refractivity contribution in [1.82, 2.24) is 10.6 Å². The standard InChI is InChI=1S/C10H22N2/c1-3-9(4-5-11-2)6-10-7-12-8-10/h9-12H,3-8H2,1-2H3. The molecule has 1 atom stereocenters. The molecule has 1 heterocycles. The first-order chi connectivity index (χ1) is 5.86. The quantitative estimate of drug-likeness (QED) is 0.626. The van der Waals surface area contributed by atoms with Crippen molar-refractivity contribution in [2.45, 2.75) is 26.2 Å². The van der Waals surface area contributed by atoms with Gasteiger partial charge in [0.2, 0.25) is 0 Å². The fourth-order valence-corrected chi connectivity index (χ4v) is 1.82. The lowest BCUT2D eigenvalue weighted by Crippen LogP contribution is -2.42. The molecule has 0 bridgehead atoms. The number of nitrogens with one attached hydrogen (secondary N) is 2. The fraction of sp³-hybridized carbons (Fsp3) is 1.00. The maximum Gasteiger partial charge on any atom is -0.000815 e. The first kappa shape index (κ1) is 10.0. The molecule has 0 aromatic heterocycles. The fourth-order valence-electron chi connectivity index (χ4n) is 1.82. The van der Waals surface area contributed by atoms with Gasteiger partial charge in [0.05, 0.1) is 0 Å². The maximum atomic E-state index is 3.33. The highest BCUT2D eigenvalue weighted by Gasteiger charge is 2.20. The molecule has 1 aliphatic heterocycles. The molecule has 2 heteroatoms. The Labute approximate surface area is 76.1 Å². The predicted molar refractivity (Wildman–Crippen MR) is 53.3 cm³/mol. The highest BCUT2D eigenvalue weighted by molar-refractivity contribution is 4.77. The van der Waals surface area contributed by atoms with Crippen molar-refractivity contribution in [3.05, 3.63) is 0 Å². The summed E-state index contributed by atoms with van der Waals surface area (Å²) in [6.07, 6.45) is 4.13. The zero-order valence-corrected chi connectivity index (χ0v) is 8.40. The van der Waals surface area contributed by atoms with Gasteiger partial charge in [-0.1, -0.05) is 13.3 Å². The van der Waals surface area contributed by atoms with E-state index in [4.69, 9.17) is 0 Å². The van der Waals surface area contributed by atoms with E-state index in [1.165, 1.54) is 38.9 Å². The normalized spacial score (nSPS) is 20.5. The summed E-state index contributed by atoms with van der Waals surface area (Å²) in [5.74, 6) is 1.93. The highest BCUT2D eigenvalue weighted by atomic mass is 14.9. The molecule has 1 rings (SSSR count). The number of rotatable bonds is 6. The van der Waals surface area contributed by atoms with Gasteiger partial charge in [-0.2, -0.15) is 0 Å². The zero-order chi connectivity index (χ0) is 8.81. The van der Waals surface area contributed by atoms with Gasteiger partial charge in [-0.15, -0.1) is 0 Å². The molecule has 1 unspecified atom stereocenters. The topological polar surface area (TPSA) is 24.1 Å². The van der Waals surface area contributed by atoms with Gasteiger partial charge in [-0.3, -0.25) is 0 Å². The Balaban J connectivity index is 2.06. The van der Waals surface area contributed by atoms with Crippen LogP contribution in [0, 0.1) is 11.8 Å². The lowest BCUT2D eigenvalue weighted by atomic mass is 9.87. The summed E-state index contributed by atoms with van der Waals surface area (Å²) in [6, 6.07) is 0. The van der Waals surface area contributed by atoms with E-state index in [9.17, 15) is 0 Å². The van der Waals surface area contributed by atoms with Crippen LogP contribution in [0.15, 0.2) is 0 Å². The van der Waals surface area contributed by atoms with E-state index >= 15 is 0 Å². The van der Waals surface area contributed by atoms with Gasteiger partial charge in [-0.05, 0) is 51.4 Å². The molecule has 0 spiro atoms.